The van der Waals surface area contributed by atoms with Crippen molar-refractivity contribution in [2.45, 2.75) is 49.8 Å². The fourth-order valence-corrected chi connectivity index (χ4v) is 3.10. The van der Waals surface area contributed by atoms with E-state index in [4.69, 9.17) is 0 Å². The summed E-state index contributed by atoms with van der Waals surface area (Å²) in [6, 6.07) is 8.42. The van der Waals surface area contributed by atoms with E-state index in [-0.39, 0.29) is 35.5 Å². The van der Waals surface area contributed by atoms with E-state index < -0.39 is 12.0 Å². The Morgan fingerprint density at radius 3 is 2.38 bits per heavy atom. The molecule has 0 aliphatic carbocycles. The van der Waals surface area contributed by atoms with Crippen molar-refractivity contribution in [3.63, 3.8) is 0 Å². The summed E-state index contributed by atoms with van der Waals surface area (Å²) in [6.07, 6.45) is 4.20. The van der Waals surface area contributed by atoms with Gasteiger partial charge in [-0.1, -0.05) is 36.8 Å². The van der Waals surface area contributed by atoms with Crippen molar-refractivity contribution in [3.8, 4) is 0 Å². The number of thiol groups is 2. The molecule has 2 unspecified atom stereocenters. The Kier molecular flexibility index (Phi) is 14.0. The average molecular weight is 379 g/mol. The Bertz CT molecular complexity index is 488. The normalized spacial score (nSPS) is 12.8. The molecule has 1 amide bonds. The number of carboxylic acid groups (broad SMARTS) is 1. The predicted octanol–water partition coefficient (Wildman–Crippen LogP) is -0.0188. The smallest absolute Gasteiger partial charge is 0.480 e. The van der Waals surface area contributed by atoms with Crippen molar-refractivity contribution >= 4 is 37.1 Å². The molecule has 2 atom stereocenters. The number of amides is 1. The van der Waals surface area contributed by atoms with Crippen LogP contribution in [0.15, 0.2) is 30.3 Å². The van der Waals surface area contributed by atoms with Crippen LogP contribution in [0.2, 0.25) is 0 Å². The molecule has 0 aliphatic rings. The van der Waals surface area contributed by atoms with E-state index in [0.29, 0.717) is 18.1 Å². The summed E-state index contributed by atoms with van der Waals surface area (Å²) >= 11 is 8.61. The molecule has 128 valence electrons. The number of benzene rings is 1. The zero-order valence-electron chi connectivity index (χ0n) is 14.1. The Morgan fingerprint density at radius 1 is 1.12 bits per heavy atom. The van der Waals surface area contributed by atoms with Crippen molar-refractivity contribution < 1.29 is 44.3 Å². The van der Waals surface area contributed by atoms with E-state index >= 15 is 0 Å². The minimum Gasteiger partial charge on any atom is -0.480 e. The third kappa shape index (κ3) is 10.7. The van der Waals surface area contributed by atoms with Crippen LogP contribution in [-0.4, -0.2) is 34.0 Å². The minimum absolute atomic E-state index is 0. The van der Waals surface area contributed by atoms with Gasteiger partial charge in [0, 0.05) is 18.1 Å². The van der Waals surface area contributed by atoms with Crippen LogP contribution in [0, 0.1) is 0 Å². The summed E-state index contributed by atoms with van der Waals surface area (Å²) < 4.78 is 0. The molecule has 1 rings (SSSR count). The molecule has 0 aromatic heterocycles. The second-order valence-electron chi connectivity index (χ2n) is 5.56. The van der Waals surface area contributed by atoms with Crippen molar-refractivity contribution in [2.75, 3.05) is 5.75 Å². The van der Waals surface area contributed by atoms with Crippen molar-refractivity contribution in [1.82, 2.24) is 5.32 Å². The van der Waals surface area contributed by atoms with Gasteiger partial charge in [-0.25, -0.2) is 4.79 Å². The number of rotatable bonds is 11. The van der Waals surface area contributed by atoms with Crippen molar-refractivity contribution in [2.24, 2.45) is 0 Å². The molecule has 2 N–H and O–H groups in total. The molecule has 24 heavy (non-hydrogen) atoms. The molecule has 0 aliphatic heterocycles. The van der Waals surface area contributed by atoms with Crippen LogP contribution in [0.1, 0.15) is 37.7 Å². The quantitative estimate of drug-likeness (QED) is 0.249. The van der Waals surface area contributed by atoms with E-state index in [0.717, 1.165) is 37.0 Å². The van der Waals surface area contributed by atoms with Crippen molar-refractivity contribution in [3.05, 3.63) is 35.9 Å². The Balaban J connectivity index is 0.00000529. The predicted molar refractivity (Wildman–Crippen MR) is 99.4 cm³/mol. The molecule has 1 aromatic carbocycles. The first-order valence-electron chi connectivity index (χ1n) is 7.88. The number of carboxylic acids is 1. The molecular weight excluding hydrogens is 353 g/mol. The number of hydrogen-bond donors (Lipinski definition) is 4. The maximum atomic E-state index is 11.9. The molecule has 7 heteroatoms. The summed E-state index contributed by atoms with van der Waals surface area (Å²) in [5, 5.41) is 12.2. The van der Waals surface area contributed by atoms with Gasteiger partial charge in [-0.2, -0.15) is 25.3 Å². The van der Waals surface area contributed by atoms with Crippen LogP contribution < -0.4 is 34.9 Å². The number of hydrogen-bond acceptors (Lipinski definition) is 4. The van der Waals surface area contributed by atoms with Crippen LogP contribution in [0.3, 0.4) is 0 Å². The minimum atomic E-state index is -1.01. The van der Waals surface area contributed by atoms with Gasteiger partial charge in [-0.3, -0.25) is 4.79 Å². The fourth-order valence-electron chi connectivity index (χ4n) is 2.28. The molecular formula is C17H25NNaO3S2+. The number of aliphatic carboxylic acids is 1. The van der Waals surface area contributed by atoms with E-state index in [1.807, 2.05) is 30.3 Å². The van der Waals surface area contributed by atoms with Gasteiger partial charge in [0.25, 0.3) is 0 Å². The third-order valence-electron chi connectivity index (χ3n) is 3.57. The first-order chi connectivity index (χ1) is 11.0. The summed E-state index contributed by atoms with van der Waals surface area (Å²) in [5.74, 6) is -0.404. The Hall–Kier alpha value is -0.140. The van der Waals surface area contributed by atoms with Crippen LogP contribution in [0.25, 0.3) is 0 Å². The van der Waals surface area contributed by atoms with Crippen LogP contribution in [0.5, 0.6) is 0 Å². The van der Waals surface area contributed by atoms with Crippen LogP contribution in [0.4, 0.5) is 0 Å². The van der Waals surface area contributed by atoms with Gasteiger partial charge in [0.2, 0.25) is 5.91 Å². The van der Waals surface area contributed by atoms with E-state index in [9.17, 15) is 14.7 Å². The molecule has 0 spiro atoms. The van der Waals surface area contributed by atoms with Gasteiger partial charge in [0.05, 0.1) is 0 Å². The maximum absolute atomic E-state index is 11.9. The molecule has 4 nitrogen and oxygen atoms in total. The average Bonchev–Trinajstić information content (AvgIpc) is 2.52. The summed E-state index contributed by atoms with van der Waals surface area (Å²) in [4.78, 5) is 23.2. The van der Waals surface area contributed by atoms with E-state index in [1.54, 1.807) is 0 Å². The second kappa shape index (κ2) is 14.1. The fraction of sp³-hybridized carbons (Fsp3) is 0.529. The largest absolute Gasteiger partial charge is 1.00 e. The molecule has 1 aromatic rings. The SMILES string of the molecule is O=C(CCCCC(S)CCS)NC(Cc1ccccc1)C(=O)O.[Na+]. The van der Waals surface area contributed by atoms with Gasteiger partial charge < -0.3 is 10.4 Å². The summed E-state index contributed by atoms with van der Waals surface area (Å²) in [5.41, 5.74) is 0.893. The molecule has 0 radical (unpaired) electrons. The van der Waals surface area contributed by atoms with Gasteiger partial charge in [-0.05, 0) is 30.6 Å². The van der Waals surface area contributed by atoms with Crippen LogP contribution >= 0.6 is 25.3 Å². The van der Waals surface area contributed by atoms with Crippen LogP contribution in [-0.2, 0) is 16.0 Å². The third-order valence-corrected chi connectivity index (χ3v) is 4.34. The molecule has 0 fully saturated rings. The number of carbonyl (C=O) groups is 2. The topological polar surface area (TPSA) is 66.4 Å². The van der Waals surface area contributed by atoms with Gasteiger partial charge in [-0.15, -0.1) is 0 Å². The zero-order chi connectivity index (χ0) is 17.1. The Morgan fingerprint density at radius 2 is 1.79 bits per heavy atom. The van der Waals surface area contributed by atoms with Gasteiger partial charge in [0.15, 0.2) is 0 Å². The monoisotopic (exact) mass is 378 g/mol. The molecule has 0 bridgehead atoms. The zero-order valence-corrected chi connectivity index (χ0v) is 17.9. The van der Waals surface area contributed by atoms with Crippen molar-refractivity contribution in [1.29, 1.82) is 0 Å². The second-order valence-corrected chi connectivity index (χ2v) is 6.74. The first kappa shape index (κ1) is 23.9. The summed E-state index contributed by atoms with van der Waals surface area (Å²) in [6.45, 7) is 0. The number of unbranched alkanes of at least 4 members (excludes halogenated alkanes) is 1. The van der Waals surface area contributed by atoms with E-state index in [2.05, 4.69) is 30.6 Å². The maximum Gasteiger partial charge on any atom is 1.00 e. The van der Waals surface area contributed by atoms with E-state index in [1.165, 1.54) is 0 Å². The number of nitrogens with one attached hydrogen (secondary N) is 1. The summed E-state index contributed by atoms with van der Waals surface area (Å²) in [7, 11) is 0. The molecule has 0 saturated heterocycles. The molecule has 0 heterocycles. The van der Waals surface area contributed by atoms with Gasteiger partial charge in [0.1, 0.15) is 6.04 Å². The molecule has 0 saturated carbocycles. The standard InChI is InChI=1S/C17H25NO3S2.Na/c19-16(9-5-4-8-14(23)10-11-22)18-15(17(20)21)12-13-6-2-1-3-7-13;/h1-3,6-7,14-15,22-23H,4-5,8-12H2,(H,18,19)(H,20,21);/q;+1. The van der Waals surface area contributed by atoms with Gasteiger partial charge >= 0.3 is 35.5 Å². The Labute approximate surface area is 177 Å². The first-order valence-corrected chi connectivity index (χ1v) is 9.03. The number of carbonyl (C=O) groups excluding carboxylic acids is 1.